The average molecular weight is 400 g/mol. The smallest absolute Gasteiger partial charge is 0.239 e. The molecule has 3 rings (SSSR count). The van der Waals surface area contributed by atoms with Gasteiger partial charge in [0.2, 0.25) is 21.8 Å². The number of likely N-dealkylation sites (tertiary alicyclic amines) is 2. The van der Waals surface area contributed by atoms with E-state index in [9.17, 15) is 18.0 Å². The molecule has 8 heteroatoms. The minimum absolute atomic E-state index is 0.0572. The highest BCUT2D eigenvalue weighted by Gasteiger charge is 2.55. The second-order valence-electron chi connectivity index (χ2n) is 8.33. The molecule has 0 radical (unpaired) electrons. The lowest BCUT2D eigenvalue weighted by Crippen LogP contribution is -2.43. The van der Waals surface area contributed by atoms with Crippen molar-refractivity contribution >= 4 is 21.8 Å². The Hall–Kier alpha value is -1.15. The van der Waals surface area contributed by atoms with Crippen molar-refractivity contribution in [1.29, 1.82) is 0 Å². The molecule has 0 saturated carbocycles. The van der Waals surface area contributed by atoms with Crippen LogP contribution in [0.5, 0.6) is 0 Å². The van der Waals surface area contributed by atoms with Crippen molar-refractivity contribution in [1.82, 2.24) is 14.1 Å². The van der Waals surface area contributed by atoms with Gasteiger partial charge in [-0.2, -0.15) is 0 Å². The lowest BCUT2D eigenvalue weighted by molar-refractivity contribution is -0.133. The molecule has 27 heavy (non-hydrogen) atoms. The predicted octanol–water partition coefficient (Wildman–Crippen LogP) is 1.30. The van der Waals surface area contributed by atoms with Gasteiger partial charge in [0.15, 0.2) is 0 Å². The normalized spacial score (nSPS) is 29.4. The number of hydrogen-bond acceptors (Lipinski definition) is 5. The van der Waals surface area contributed by atoms with E-state index < -0.39 is 10.0 Å². The van der Waals surface area contributed by atoms with Gasteiger partial charge >= 0.3 is 0 Å². The van der Waals surface area contributed by atoms with Crippen molar-refractivity contribution in [3.05, 3.63) is 0 Å². The summed E-state index contributed by atoms with van der Waals surface area (Å²) >= 11 is 0. The Bertz CT molecular complexity index is 660. The number of nitrogens with zero attached hydrogens (tertiary/aromatic N) is 3. The number of amides is 2. The molecular formula is C19H33N3O4S. The molecule has 154 valence electrons. The number of piperidine rings is 1. The highest BCUT2D eigenvalue weighted by molar-refractivity contribution is 7.88. The Kier molecular flexibility index (Phi) is 6.46. The first kappa shape index (κ1) is 20.6. The largest absolute Gasteiger partial charge is 0.340 e. The summed E-state index contributed by atoms with van der Waals surface area (Å²) < 4.78 is 25.4. The van der Waals surface area contributed by atoms with Gasteiger partial charge in [-0.15, -0.1) is 0 Å². The molecule has 3 fully saturated rings. The minimum atomic E-state index is -3.60. The maximum atomic E-state index is 12.7. The van der Waals surface area contributed by atoms with Crippen molar-refractivity contribution in [3.8, 4) is 0 Å². The lowest BCUT2D eigenvalue weighted by Gasteiger charge is -2.27. The summed E-state index contributed by atoms with van der Waals surface area (Å²) in [5.41, 5.74) is 0. The zero-order valence-corrected chi connectivity index (χ0v) is 17.4. The molecule has 3 heterocycles. The summed E-state index contributed by atoms with van der Waals surface area (Å²) in [7, 11) is -3.60. The number of carbonyl (C=O) groups excluding carboxylic acids is 2. The van der Waals surface area contributed by atoms with Crippen LogP contribution in [0.2, 0.25) is 0 Å². The zero-order chi connectivity index (χ0) is 19.6. The van der Waals surface area contributed by atoms with Crippen LogP contribution in [-0.4, -0.2) is 79.4 Å². The Balaban J connectivity index is 1.58. The molecule has 0 aromatic heterocycles. The molecule has 0 aromatic rings. The topological polar surface area (TPSA) is 78.0 Å². The molecule has 3 atom stereocenters. The number of hydrogen-bond donors (Lipinski definition) is 0. The van der Waals surface area contributed by atoms with E-state index in [1.165, 1.54) is 19.3 Å². The van der Waals surface area contributed by atoms with Gasteiger partial charge in [-0.1, -0.05) is 19.8 Å². The van der Waals surface area contributed by atoms with Crippen LogP contribution in [0.4, 0.5) is 0 Å². The van der Waals surface area contributed by atoms with Crippen LogP contribution < -0.4 is 0 Å². The molecule has 0 N–H and O–H groups in total. The maximum Gasteiger partial charge on any atom is 0.239 e. The molecule has 3 saturated heterocycles. The van der Waals surface area contributed by atoms with Gasteiger partial charge in [-0.3, -0.25) is 9.59 Å². The van der Waals surface area contributed by atoms with Crippen LogP contribution in [-0.2, 0) is 19.6 Å². The third kappa shape index (κ3) is 4.47. The van der Waals surface area contributed by atoms with E-state index in [0.717, 1.165) is 43.0 Å². The second kappa shape index (κ2) is 8.47. The fraction of sp³-hybridized carbons (Fsp3) is 0.895. The van der Waals surface area contributed by atoms with Crippen molar-refractivity contribution in [2.75, 3.05) is 39.0 Å². The molecule has 0 unspecified atom stereocenters. The summed E-state index contributed by atoms with van der Waals surface area (Å²) in [4.78, 5) is 29.5. The quantitative estimate of drug-likeness (QED) is 0.645. The van der Waals surface area contributed by atoms with Gasteiger partial charge in [0.1, 0.15) is 0 Å². The van der Waals surface area contributed by atoms with Crippen molar-refractivity contribution in [3.63, 3.8) is 0 Å². The molecule has 0 spiro atoms. The lowest BCUT2D eigenvalue weighted by atomic mass is 9.89. The summed E-state index contributed by atoms with van der Waals surface area (Å²) in [6.45, 7) is 6.09. The van der Waals surface area contributed by atoms with Crippen molar-refractivity contribution < 1.29 is 18.0 Å². The van der Waals surface area contributed by atoms with Gasteiger partial charge in [0, 0.05) is 31.3 Å². The van der Waals surface area contributed by atoms with Crippen LogP contribution in [0, 0.1) is 11.8 Å². The van der Waals surface area contributed by atoms with E-state index in [-0.39, 0.29) is 29.7 Å². The van der Waals surface area contributed by atoms with Gasteiger partial charge in [-0.25, -0.2) is 12.7 Å². The Morgan fingerprint density at radius 1 is 1.15 bits per heavy atom. The summed E-state index contributed by atoms with van der Waals surface area (Å²) in [5.74, 6) is -0.511. The predicted molar refractivity (Wildman–Crippen MR) is 103 cm³/mol. The Morgan fingerprint density at radius 3 is 2.48 bits per heavy atom. The molecule has 3 aliphatic heterocycles. The number of sulfonamides is 1. The van der Waals surface area contributed by atoms with Crippen LogP contribution in [0.25, 0.3) is 0 Å². The molecule has 0 aliphatic carbocycles. The van der Waals surface area contributed by atoms with Gasteiger partial charge in [-0.05, 0) is 45.3 Å². The van der Waals surface area contributed by atoms with E-state index >= 15 is 0 Å². The Labute approximate surface area is 163 Å². The van der Waals surface area contributed by atoms with E-state index in [4.69, 9.17) is 0 Å². The van der Waals surface area contributed by atoms with Crippen LogP contribution >= 0.6 is 0 Å². The monoisotopic (exact) mass is 399 g/mol. The summed E-state index contributed by atoms with van der Waals surface area (Å²) in [6.07, 6.45) is 7.76. The third-order valence-corrected chi connectivity index (χ3v) is 7.47. The van der Waals surface area contributed by atoms with E-state index in [0.29, 0.717) is 25.9 Å². The first-order chi connectivity index (χ1) is 12.8. The molecule has 7 nitrogen and oxygen atoms in total. The standard InChI is InChI=1S/C19H33N3O4S/c1-3-8-15-16-13-21(14-17(16)22(19(15)24)27(2,25)26)18(23)9-7-12-20-10-5-4-6-11-20/h15-17H,3-14H2,1-2H3/t15-,16-,17+/m1/s1. The Morgan fingerprint density at radius 2 is 1.85 bits per heavy atom. The molecule has 2 amide bonds. The number of carbonyl (C=O) groups is 2. The molecular weight excluding hydrogens is 366 g/mol. The zero-order valence-electron chi connectivity index (χ0n) is 16.6. The van der Waals surface area contributed by atoms with Crippen LogP contribution in [0.3, 0.4) is 0 Å². The summed E-state index contributed by atoms with van der Waals surface area (Å²) in [5, 5.41) is 0. The molecule has 0 aromatic carbocycles. The third-order valence-electron chi connectivity index (χ3n) is 6.31. The first-order valence-electron chi connectivity index (χ1n) is 10.4. The summed E-state index contributed by atoms with van der Waals surface area (Å²) in [6, 6.07) is -0.380. The van der Waals surface area contributed by atoms with E-state index in [1.807, 2.05) is 6.92 Å². The van der Waals surface area contributed by atoms with E-state index in [2.05, 4.69) is 4.90 Å². The van der Waals surface area contributed by atoms with Gasteiger partial charge < -0.3 is 9.80 Å². The average Bonchev–Trinajstić information content (AvgIpc) is 3.13. The minimum Gasteiger partial charge on any atom is -0.340 e. The van der Waals surface area contributed by atoms with Crippen LogP contribution in [0.1, 0.15) is 51.9 Å². The van der Waals surface area contributed by atoms with Gasteiger partial charge in [0.25, 0.3) is 0 Å². The number of fused-ring (bicyclic) bond motifs is 1. The van der Waals surface area contributed by atoms with Crippen LogP contribution in [0.15, 0.2) is 0 Å². The van der Waals surface area contributed by atoms with E-state index in [1.54, 1.807) is 4.90 Å². The number of rotatable bonds is 7. The maximum absolute atomic E-state index is 12.7. The highest BCUT2D eigenvalue weighted by atomic mass is 32.2. The first-order valence-corrected chi connectivity index (χ1v) is 12.2. The molecule has 3 aliphatic rings. The second-order valence-corrected chi connectivity index (χ2v) is 10.2. The fourth-order valence-corrected chi connectivity index (χ4v) is 6.20. The SMILES string of the molecule is CCC[C@H]1C(=O)N(S(C)(=O)=O)[C@H]2CN(C(=O)CCCN3CCCCC3)C[C@H]12. The van der Waals surface area contributed by atoms with Crippen molar-refractivity contribution in [2.24, 2.45) is 11.8 Å². The van der Waals surface area contributed by atoms with Gasteiger partial charge in [0.05, 0.1) is 12.3 Å². The van der Waals surface area contributed by atoms with Crippen molar-refractivity contribution in [2.45, 2.75) is 57.9 Å². The fourth-order valence-electron chi connectivity index (χ4n) is 5.02. The highest BCUT2D eigenvalue weighted by Crippen LogP contribution is 2.40. The molecule has 0 bridgehead atoms.